The zero-order chi connectivity index (χ0) is 11.3. The molecular formula is C13H27NO. The van der Waals surface area contributed by atoms with E-state index in [4.69, 9.17) is 5.73 Å². The van der Waals surface area contributed by atoms with Gasteiger partial charge in [0.1, 0.15) is 0 Å². The van der Waals surface area contributed by atoms with Crippen LogP contribution in [0, 0.1) is 5.92 Å². The molecule has 15 heavy (non-hydrogen) atoms. The van der Waals surface area contributed by atoms with E-state index < -0.39 is 5.60 Å². The average molecular weight is 213 g/mol. The summed E-state index contributed by atoms with van der Waals surface area (Å²) in [4.78, 5) is 0. The molecule has 0 spiro atoms. The smallest absolute Gasteiger partial charge is 0.0744 e. The normalized spacial score (nSPS) is 24.0. The minimum absolute atomic E-state index is 0.0596. The first-order valence-electron chi connectivity index (χ1n) is 6.50. The van der Waals surface area contributed by atoms with Crippen molar-refractivity contribution < 1.29 is 5.11 Å². The highest BCUT2D eigenvalue weighted by Gasteiger charge is 2.30. The first-order valence-corrected chi connectivity index (χ1v) is 6.50. The summed E-state index contributed by atoms with van der Waals surface area (Å²) >= 11 is 0. The fourth-order valence-electron chi connectivity index (χ4n) is 2.60. The molecule has 0 heterocycles. The summed E-state index contributed by atoms with van der Waals surface area (Å²) in [6, 6.07) is -0.0596. The van der Waals surface area contributed by atoms with Crippen LogP contribution in [0.5, 0.6) is 0 Å². The van der Waals surface area contributed by atoms with E-state index in [-0.39, 0.29) is 6.04 Å². The molecule has 0 amide bonds. The summed E-state index contributed by atoms with van der Waals surface area (Å²) in [7, 11) is 0. The molecule has 0 aromatic heterocycles. The Bertz CT molecular complexity index is 164. The zero-order valence-corrected chi connectivity index (χ0v) is 10.3. The second kappa shape index (κ2) is 5.86. The molecule has 1 fully saturated rings. The van der Waals surface area contributed by atoms with E-state index in [1.807, 2.05) is 13.8 Å². The van der Waals surface area contributed by atoms with E-state index in [2.05, 4.69) is 0 Å². The molecule has 90 valence electrons. The zero-order valence-electron chi connectivity index (χ0n) is 10.3. The summed E-state index contributed by atoms with van der Waals surface area (Å²) in [5, 5.41) is 9.95. The molecule has 2 heteroatoms. The Morgan fingerprint density at radius 3 is 1.80 bits per heavy atom. The maximum atomic E-state index is 9.95. The van der Waals surface area contributed by atoms with Crippen LogP contribution in [0.25, 0.3) is 0 Å². The van der Waals surface area contributed by atoms with Crippen molar-refractivity contribution in [3.63, 3.8) is 0 Å². The molecule has 2 nitrogen and oxygen atoms in total. The Kier molecular flexibility index (Phi) is 5.07. The maximum Gasteiger partial charge on any atom is 0.0744 e. The molecule has 1 unspecified atom stereocenters. The standard InChI is InChI=1S/C13H27NO/c1-13(2,15)12(14)11-9-7-5-3-4-6-8-10-11/h11-12,15H,3-10,14H2,1-2H3. The molecule has 1 rings (SSSR count). The van der Waals surface area contributed by atoms with E-state index >= 15 is 0 Å². The van der Waals surface area contributed by atoms with Crippen molar-refractivity contribution in [2.24, 2.45) is 11.7 Å². The van der Waals surface area contributed by atoms with E-state index in [0.29, 0.717) is 5.92 Å². The molecule has 0 aromatic rings. The van der Waals surface area contributed by atoms with Gasteiger partial charge in [0.2, 0.25) is 0 Å². The Morgan fingerprint density at radius 1 is 1.00 bits per heavy atom. The van der Waals surface area contributed by atoms with Crippen molar-refractivity contribution in [1.29, 1.82) is 0 Å². The van der Waals surface area contributed by atoms with Gasteiger partial charge in [0.15, 0.2) is 0 Å². The van der Waals surface area contributed by atoms with Crippen LogP contribution in [0.2, 0.25) is 0 Å². The van der Waals surface area contributed by atoms with Gasteiger partial charge < -0.3 is 10.8 Å². The molecule has 0 saturated heterocycles. The van der Waals surface area contributed by atoms with Crippen molar-refractivity contribution in [2.75, 3.05) is 0 Å². The molecule has 0 radical (unpaired) electrons. The summed E-state index contributed by atoms with van der Waals surface area (Å²) in [5.74, 6) is 0.517. The van der Waals surface area contributed by atoms with E-state index in [1.165, 1.54) is 51.4 Å². The second-order valence-corrected chi connectivity index (χ2v) is 5.64. The van der Waals surface area contributed by atoms with Crippen LogP contribution in [-0.4, -0.2) is 16.7 Å². The van der Waals surface area contributed by atoms with Crippen LogP contribution < -0.4 is 5.73 Å². The van der Waals surface area contributed by atoms with Crippen molar-refractivity contribution >= 4 is 0 Å². The molecule has 1 atom stereocenters. The summed E-state index contributed by atoms with van der Waals surface area (Å²) < 4.78 is 0. The maximum absolute atomic E-state index is 9.95. The van der Waals surface area contributed by atoms with E-state index in [9.17, 15) is 5.11 Å². The van der Waals surface area contributed by atoms with Gasteiger partial charge in [-0.25, -0.2) is 0 Å². The van der Waals surface area contributed by atoms with Gasteiger partial charge in [-0.05, 0) is 32.6 Å². The van der Waals surface area contributed by atoms with Gasteiger partial charge in [-0.2, -0.15) is 0 Å². The van der Waals surface area contributed by atoms with E-state index in [0.717, 1.165) is 0 Å². The molecule has 0 aliphatic heterocycles. The highest BCUT2D eigenvalue weighted by molar-refractivity contribution is 4.86. The van der Waals surface area contributed by atoms with Crippen molar-refractivity contribution in [3.05, 3.63) is 0 Å². The lowest BCUT2D eigenvalue weighted by atomic mass is 9.82. The fraction of sp³-hybridized carbons (Fsp3) is 1.00. The van der Waals surface area contributed by atoms with Crippen LogP contribution in [-0.2, 0) is 0 Å². The van der Waals surface area contributed by atoms with Crippen molar-refractivity contribution in [1.82, 2.24) is 0 Å². The van der Waals surface area contributed by atoms with Gasteiger partial charge in [-0.1, -0.05) is 38.5 Å². The molecule has 1 aliphatic carbocycles. The first kappa shape index (κ1) is 13.0. The minimum atomic E-state index is -0.723. The number of hydrogen-bond acceptors (Lipinski definition) is 2. The van der Waals surface area contributed by atoms with E-state index in [1.54, 1.807) is 0 Å². The molecule has 1 saturated carbocycles. The Hall–Kier alpha value is -0.0800. The number of aliphatic hydroxyl groups is 1. The van der Waals surface area contributed by atoms with Crippen LogP contribution in [0.15, 0.2) is 0 Å². The lowest BCUT2D eigenvalue weighted by Crippen LogP contribution is -2.48. The average Bonchev–Trinajstić information content (AvgIpc) is 2.27. The highest BCUT2D eigenvalue weighted by atomic mass is 16.3. The topological polar surface area (TPSA) is 46.2 Å². The molecular weight excluding hydrogens is 186 g/mol. The van der Waals surface area contributed by atoms with Gasteiger partial charge in [-0.15, -0.1) is 0 Å². The predicted molar refractivity (Wildman–Crippen MR) is 64.7 cm³/mol. The lowest BCUT2D eigenvalue weighted by molar-refractivity contribution is 0.0262. The van der Waals surface area contributed by atoms with Gasteiger partial charge in [-0.3, -0.25) is 0 Å². The summed E-state index contributed by atoms with van der Waals surface area (Å²) in [6.45, 7) is 3.68. The second-order valence-electron chi connectivity index (χ2n) is 5.64. The van der Waals surface area contributed by atoms with Gasteiger partial charge in [0.25, 0.3) is 0 Å². The van der Waals surface area contributed by atoms with Crippen LogP contribution in [0.3, 0.4) is 0 Å². The van der Waals surface area contributed by atoms with Gasteiger partial charge in [0, 0.05) is 6.04 Å². The number of rotatable bonds is 2. The van der Waals surface area contributed by atoms with Crippen molar-refractivity contribution in [2.45, 2.75) is 76.9 Å². The Balaban J connectivity index is 2.49. The molecule has 0 bridgehead atoms. The SMILES string of the molecule is CC(C)(O)C(N)C1CCCCCCCC1. The summed E-state index contributed by atoms with van der Waals surface area (Å²) in [6.07, 6.45) is 10.4. The first-order chi connectivity index (χ1) is 7.02. The number of nitrogens with two attached hydrogens (primary N) is 1. The third-order valence-electron chi connectivity index (χ3n) is 3.72. The predicted octanol–water partition coefficient (Wildman–Crippen LogP) is 2.84. The van der Waals surface area contributed by atoms with Crippen LogP contribution in [0.4, 0.5) is 0 Å². The Labute approximate surface area is 94.2 Å². The third kappa shape index (κ3) is 4.52. The lowest BCUT2D eigenvalue weighted by Gasteiger charge is -2.33. The molecule has 3 N–H and O–H groups in total. The number of hydrogen-bond donors (Lipinski definition) is 2. The molecule has 0 aromatic carbocycles. The monoisotopic (exact) mass is 213 g/mol. The quantitative estimate of drug-likeness (QED) is 0.741. The largest absolute Gasteiger partial charge is 0.389 e. The van der Waals surface area contributed by atoms with Crippen molar-refractivity contribution in [3.8, 4) is 0 Å². The Morgan fingerprint density at radius 2 is 1.40 bits per heavy atom. The summed E-state index contributed by atoms with van der Waals surface area (Å²) in [5.41, 5.74) is 5.42. The third-order valence-corrected chi connectivity index (χ3v) is 3.72. The van der Waals surface area contributed by atoms with Gasteiger partial charge in [0.05, 0.1) is 5.60 Å². The minimum Gasteiger partial charge on any atom is -0.389 e. The van der Waals surface area contributed by atoms with Crippen LogP contribution in [0.1, 0.15) is 65.2 Å². The highest BCUT2D eigenvalue weighted by Crippen LogP contribution is 2.27. The van der Waals surface area contributed by atoms with Crippen LogP contribution >= 0.6 is 0 Å². The fourth-order valence-corrected chi connectivity index (χ4v) is 2.60. The molecule has 1 aliphatic rings. The van der Waals surface area contributed by atoms with Gasteiger partial charge >= 0.3 is 0 Å².